The molecule has 4 heteroatoms. The molecule has 16 heavy (non-hydrogen) atoms. The minimum Gasteiger partial charge on any atom is -0.313 e. The number of nitrogens with one attached hydrogen (secondary N) is 1. The van der Waals surface area contributed by atoms with E-state index in [-0.39, 0.29) is 6.92 Å². The maximum Gasteiger partial charge on any atom is 0.386 e. The first kappa shape index (κ1) is 15.0. The second kappa shape index (κ2) is 8.16. The van der Waals surface area contributed by atoms with E-state index in [9.17, 15) is 13.2 Å². The zero-order chi connectivity index (χ0) is 12.4. The molecule has 0 amide bonds. The number of hydrogen-bond donors (Lipinski definition) is 1. The first-order valence-corrected chi connectivity index (χ1v) is 5.25. The van der Waals surface area contributed by atoms with Crippen LogP contribution in [0, 0.1) is 0 Å². The van der Waals surface area contributed by atoms with E-state index in [1.807, 2.05) is 6.07 Å². The normalized spacial score (nSPS) is 10.6. The monoisotopic (exact) mass is 233 g/mol. The molecule has 0 radical (unpaired) electrons. The van der Waals surface area contributed by atoms with Gasteiger partial charge in [-0.15, -0.1) is 0 Å². The predicted octanol–water partition coefficient (Wildman–Crippen LogP) is 3.75. The Kier molecular flexibility index (Phi) is 7.64. The first-order chi connectivity index (χ1) is 7.43. The Hall–Kier alpha value is -1.03. The minimum atomic E-state index is -4.00. The lowest BCUT2D eigenvalue weighted by Crippen LogP contribution is -2.13. The summed E-state index contributed by atoms with van der Waals surface area (Å²) in [6.07, 6.45) is -2.80. The Morgan fingerprint density at radius 2 is 1.62 bits per heavy atom. The highest BCUT2D eigenvalue weighted by Gasteiger charge is 2.15. The van der Waals surface area contributed by atoms with Gasteiger partial charge in [-0.3, -0.25) is 0 Å². The molecular weight excluding hydrogens is 215 g/mol. The molecule has 1 N–H and O–H groups in total. The Morgan fingerprint density at radius 1 is 1.12 bits per heavy atom. The fourth-order valence-electron chi connectivity index (χ4n) is 1.01. The number of benzene rings is 1. The van der Waals surface area contributed by atoms with Gasteiger partial charge < -0.3 is 5.32 Å². The quantitative estimate of drug-likeness (QED) is 0.781. The van der Waals surface area contributed by atoms with E-state index in [1.165, 1.54) is 12.0 Å². The van der Waals surface area contributed by atoms with Crippen molar-refractivity contribution in [3.05, 3.63) is 35.9 Å². The molecule has 0 bridgehead atoms. The maximum absolute atomic E-state index is 10.4. The van der Waals surface area contributed by atoms with E-state index in [4.69, 9.17) is 0 Å². The molecule has 0 saturated heterocycles. The van der Waals surface area contributed by atoms with Gasteiger partial charge in [-0.1, -0.05) is 37.3 Å². The van der Waals surface area contributed by atoms with Gasteiger partial charge in [0.2, 0.25) is 0 Å². The maximum atomic E-state index is 10.4. The summed E-state index contributed by atoms with van der Waals surface area (Å²) in [7, 11) is 0. The van der Waals surface area contributed by atoms with Crippen LogP contribution in [0.4, 0.5) is 13.2 Å². The van der Waals surface area contributed by atoms with Crippen molar-refractivity contribution in [1.82, 2.24) is 5.32 Å². The first-order valence-electron chi connectivity index (χ1n) is 5.25. The summed E-state index contributed by atoms with van der Waals surface area (Å²) in [6, 6.07) is 10.5. The van der Waals surface area contributed by atoms with Gasteiger partial charge in [0, 0.05) is 13.5 Å². The van der Waals surface area contributed by atoms with Gasteiger partial charge in [-0.2, -0.15) is 13.2 Å². The third kappa shape index (κ3) is 13.0. The molecule has 0 fully saturated rings. The number of hydrogen-bond acceptors (Lipinski definition) is 1. The van der Waals surface area contributed by atoms with Crippen molar-refractivity contribution in [3.8, 4) is 0 Å². The molecular formula is C12H18F3N. The zero-order valence-corrected chi connectivity index (χ0v) is 9.64. The Balaban J connectivity index is 0.000000385. The van der Waals surface area contributed by atoms with Crippen molar-refractivity contribution in [1.29, 1.82) is 0 Å². The average Bonchev–Trinajstić information content (AvgIpc) is 2.17. The number of rotatable bonds is 4. The third-order valence-corrected chi connectivity index (χ3v) is 1.60. The van der Waals surface area contributed by atoms with Crippen LogP contribution in [-0.2, 0) is 6.54 Å². The summed E-state index contributed by atoms with van der Waals surface area (Å²) in [5.74, 6) is 0. The molecule has 0 unspecified atom stereocenters. The molecule has 0 aliphatic rings. The molecule has 0 atom stereocenters. The molecule has 1 rings (SSSR count). The highest BCUT2D eigenvalue weighted by Crippen LogP contribution is 2.10. The molecule has 0 aromatic heterocycles. The van der Waals surface area contributed by atoms with Crippen LogP contribution in [0.15, 0.2) is 30.3 Å². The number of alkyl halides is 3. The summed E-state index contributed by atoms with van der Waals surface area (Å²) < 4.78 is 31.1. The molecule has 1 nitrogen and oxygen atoms in total. The summed E-state index contributed by atoms with van der Waals surface area (Å²) >= 11 is 0. The van der Waals surface area contributed by atoms with Crippen molar-refractivity contribution in [2.45, 2.75) is 33.0 Å². The molecule has 0 saturated carbocycles. The fraction of sp³-hybridized carbons (Fsp3) is 0.500. The molecule has 0 heterocycles. The van der Waals surface area contributed by atoms with Crippen LogP contribution >= 0.6 is 0 Å². The van der Waals surface area contributed by atoms with Gasteiger partial charge in [0.25, 0.3) is 0 Å². The van der Waals surface area contributed by atoms with Crippen LogP contribution in [0.2, 0.25) is 0 Å². The lowest BCUT2D eigenvalue weighted by Gasteiger charge is -2.01. The number of halogens is 3. The van der Waals surface area contributed by atoms with Gasteiger partial charge in [0.15, 0.2) is 0 Å². The van der Waals surface area contributed by atoms with E-state index < -0.39 is 6.18 Å². The second-order valence-electron chi connectivity index (χ2n) is 3.44. The van der Waals surface area contributed by atoms with Crippen LogP contribution in [0.5, 0.6) is 0 Å². The fourth-order valence-corrected chi connectivity index (χ4v) is 1.01. The lowest BCUT2D eigenvalue weighted by molar-refractivity contribution is -0.110. The molecule has 0 aliphatic carbocycles. The van der Waals surface area contributed by atoms with Crippen molar-refractivity contribution in [2.75, 3.05) is 6.54 Å². The van der Waals surface area contributed by atoms with Crippen LogP contribution in [0.3, 0.4) is 0 Å². The Labute approximate surface area is 94.7 Å². The zero-order valence-electron chi connectivity index (χ0n) is 9.64. The second-order valence-corrected chi connectivity index (χ2v) is 3.44. The van der Waals surface area contributed by atoms with Crippen molar-refractivity contribution >= 4 is 0 Å². The minimum absolute atomic E-state index is 0.188. The highest BCUT2D eigenvalue weighted by atomic mass is 19.4. The standard InChI is InChI=1S/C10H15N.C2H3F3/c1-2-8-11-9-10-6-4-3-5-7-10;1-2(3,4)5/h3-7,11H,2,8-9H2,1H3;1H3. The van der Waals surface area contributed by atoms with Crippen LogP contribution < -0.4 is 5.32 Å². The predicted molar refractivity (Wildman–Crippen MR) is 60.2 cm³/mol. The van der Waals surface area contributed by atoms with E-state index >= 15 is 0 Å². The third-order valence-electron chi connectivity index (χ3n) is 1.60. The molecule has 1 aromatic rings. The van der Waals surface area contributed by atoms with Gasteiger partial charge in [-0.25, -0.2) is 0 Å². The lowest BCUT2D eigenvalue weighted by atomic mass is 10.2. The molecule has 92 valence electrons. The van der Waals surface area contributed by atoms with Crippen LogP contribution in [-0.4, -0.2) is 12.7 Å². The Morgan fingerprint density at radius 3 is 2.06 bits per heavy atom. The van der Waals surface area contributed by atoms with E-state index in [0.29, 0.717) is 0 Å². The van der Waals surface area contributed by atoms with Gasteiger partial charge in [0.1, 0.15) is 0 Å². The average molecular weight is 233 g/mol. The van der Waals surface area contributed by atoms with E-state index in [2.05, 4.69) is 36.5 Å². The van der Waals surface area contributed by atoms with Crippen LogP contribution in [0.25, 0.3) is 0 Å². The van der Waals surface area contributed by atoms with Gasteiger partial charge in [-0.05, 0) is 18.5 Å². The van der Waals surface area contributed by atoms with Crippen LogP contribution in [0.1, 0.15) is 25.8 Å². The summed E-state index contributed by atoms with van der Waals surface area (Å²) in [5, 5.41) is 3.35. The summed E-state index contributed by atoms with van der Waals surface area (Å²) in [6.45, 7) is 4.47. The van der Waals surface area contributed by atoms with Gasteiger partial charge in [0.05, 0.1) is 0 Å². The van der Waals surface area contributed by atoms with Crippen molar-refractivity contribution in [2.24, 2.45) is 0 Å². The summed E-state index contributed by atoms with van der Waals surface area (Å²) in [5.41, 5.74) is 1.36. The van der Waals surface area contributed by atoms with E-state index in [0.717, 1.165) is 13.1 Å². The van der Waals surface area contributed by atoms with Gasteiger partial charge >= 0.3 is 6.18 Å². The summed E-state index contributed by atoms with van der Waals surface area (Å²) in [4.78, 5) is 0. The highest BCUT2D eigenvalue weighted by molar-refractivity contribution is 5.14. The van der Waals surface area contributed by atoms with Crippen molar-refractivity contribution in [3.63, 3.8) is 0 Å². The molecule has 1 aromatic carbocycles. The van der Waals surface area contributed by atoms with Crippen molar-refractivity contribution < 1.29 is 13.2 Å². The topological polar surface area (TPSA) is 12.0 Å². The molecule has 0 aliphatic heterocycles. The molecule has 0 spiro atoms. The largest absolute Gasteiger partial charge is 0.386 e. The van der Waals surface area contributed by atoms with E-state index in [1.54, 1.807) is 0 Å². The SMILES string of the molecule is CC(F)(F)F.CCCNCc1ccccc1. The smallest absolute Gasteiger partial charge is 0.313 e. The Bertz CT molecular complexity index is 251.